The molecule has 2 aliphatic rings. The lowest BCUT2D eigenvalue weighted by atomic mass is 10.1. The van der Waals surface area contributed by atoms with Gasteiger partial charge in [0.05, 0.1) is 29.5 Å². The molecule has 2 atom stereocenters. The number of rotatable bonds is 6. The molecule has 5 heterocycles. The fourth-order valence-corrected chi connectivity index (χ4v) is 5.13. The molecule has 5 rings (SSSR count). The first kappa shape index (κ1) is 28.1. The molecule has 1 amide bonds. The van der Waals surface area contributed by atoms with Crippen molar-refractivity contribution >= 4 is 38.8 Å². The van der Waals surface area contributed by atoms with Crippen molar-refractivity contribution in [1.82, 2.24) is 15.0 Å². The van der Waals surface area contributed by atoms with Gasteiger partial charge >= 0.3 is 0 Å². The van der Waals surface area contributed by atoms with E-state index in [4.69, 9.17) is 9.47 Å². The Morgan fingerprint density at radius 2 is 1.98 bits per heavy atom. The summed E-state index contributed by atoms with van der Waals surface area (Å²) in [5, 5.41) is 25.2. The van der Waals surface area contributed by atoms with Crippen LogP contribution < -0.4 is 25.0 Å². The molecular formula is C27H29N7O6S. The molecule has 0 aromatic carbocycles. The van der Waals surface area contributed by atoms with Gasteiger partial charge in [0, 0.05) is 55.8 Å². The molecule has 0 spiro atoms. The highest BCUT2D eigenvalue weighted by Gasteiger charge is 2.33. The zero-order valence-corrected chi connectivity index (χ0v) is 23.7. The summed E-state index contributed by atoms with van der Waals surface area (Å²) in [5.74, 6) is 0.312. The second-order valence-electron chi connectivity index (χ2n) is 10.6. The molecule has 2 aliphatic heterocycles. The van der Waals surface area contributed by atoms with Gasteiger partial charge in [-0.25, -0.2) is 23.4 Å². The van der Waals surface area contributed by atoms with Crippen LogP contribution in [-0.4, -0.2) is 72.0 Å². The molecule has 3 aromatic heterocycles. The van der Waals surface area contributed by atoms with E-state index in [1.54, 1.807) is 29.2 Å². The molecule has 0 radical (unpaired) electrons. The first-order valence-corrected chi connectivity index (χ1v) is 14.6. The van der Waals surface area contributed by atoms with Crippen molar-refractivity contribution in [1.29, 1.82) is 5.26 Å². The van der Waals surface area contributed by atoms with Gasteiger partial charge in [0.1, 0.15) is 23.8 Å². The number of hydrogen-bond donors (Lipinski definition) is 3. The minimum absolute atomic E-state index is 0.163. The number of nitriles is 1. The Morgan fingerprint density at radius 3 is 2.66 bits per heavy atom. The standard InChI is InChI=1S/C27H29N7O6S/c1-15(35)30-23-9-20(18(11-29-23)19-5-6-22-26(32-19)39-14-27(2,3)40-22)31-24-7-17(8-25(33-24)41(4,37)38)34-12-16(10-28)21(36)13-34/h5-9,11,16,21,36H,12-14H2,1-4H3,(H2,29,30,31,33,35)/t16-,21+/m1/s1. The SMILES string of the molecule is CC(=O)Nc1cc(Nc2cc(N3C[C@@H](C#N)[C@@H](O)C3)cc(S(C)(=O)=O)n2)c(-c2ccc3c(n2)OCC(C)(C)O3)cn1. The summed E-state index contributed by atoms with van der Waals surface area (Å²) in [7, 11) is -3.73. The highest BCUT2D eigenvalue weighted by Crippen LogP contribution is 2.38. The quantitative estimate of drug-likeness (QED) is 0.389. The van der Waals surface area contributed by atoms with Gasteiger partial charge < -0.3 is 30.1 Å². The number of hydrogen-bond acceptors (Lipinski definition) is 12. The van der Waals surface area contributed by atoms with Crippen LogP contribution >= 0.6 is 0 Å². The van der Waals surface area contributed by atoms with Gasteiger partial charge in [0.15, 0.2) is 20.6 Å². The zero-order chi connectivity index (χ0) is 29.5. The van der Waals surface area contributed by atoms with Gasteiger partial charge in [0.2, 0.25) is 5.91 Å². The number of anilines is 4. The molecule has 14 heteroatoms. The van der Waals surface area contributed by atoms with Gasteiger partial charge in [-0.15, -0.1) is 0 Å². The number of amides is 1. The Bertz CT molecular complexity index is 1670. The van der Waals surface area contributed by atoms with E-state index in [0.717, 1.165) is 6.26 Å². The maximum Gasteiger partial charge on any atom is 0.257 e. The number of nitrogens with zero attached hydrogens (tertiary/aromatic N) is 5. The van der Waals surface area contributed by atoms with Crippen LogP contribution in [0.15, 0.2) is 41.6 Å². The number of nitrogens with one attached hydrogen (secondary N) is 2. The molecule has 41 heavy (non-hydrogen) atoms. The number of fused-ring (bicyclic) bond motifs is 1. The number of carbonyl (C=O) groups excluding carboxylic acids is 1. The first-order valence-electron chi connectivity index (χ1n) is 12.7. The molecule has 1 saturated heterocycles. The number of aliphatic hydroxyl groups is 1. The predicted octanol–water partition coefficient (Wildman–Crippen LogP) is 2.51. The number of pyridine rings is 3. The molecule has 3 aromatic rings. The zero-order valence-electron chi connectivity index (χ0n) is 22.9. The van der Waals surface area contributed by atoms with Crippen LogP contribution in [0.1, 0.15) is 20.8 Å². The van der Waals surface area contributed by atoms with Gasteiger partial charge in [-0.2, -0.15) is 5.26 Å². The summed E-state index contributed by atoms with van der Waals surface area (Å²) in [6, 6.07) is 10.2. The largest absolute Gasteiger partial charge is 0.479 e. The van der Waals surface area contributed by atoms with Crippen LogP contribution in [0.4, 0.5) is 23.0 Å². The third kappa shape index (κ3) is 6.16. The average Bonchev–Trinajstić information content (AvgIpc) is 3.28. The molecule has 13 nitrogen and oxygen atoms in total. The third-order valence-corrected chi connectivity index (χ3v) is 7.47. The van der Waals surface area contributed by atoms with E-state index in [9.17, 15) is 23.6 Å². The van der Waals surface area contributed by atoms with Gasteiger partial charge in [-0.3, -0.25) is 4.79 Å². The van der Waals surface area contributed by atoms with Crippen LogP contribution in [0.2, 0.25) is 0 Å². The normalized spacial score (nSPS) is 19.4. The molecule has 1 fully saturated rings. The van der Waals surface area contributed by atoms with Crippen LogP contribution in [-0.2, 0) is 14.6 Å². The van der Waals surface area contributed by atoms with E-state index >= 15 is 0 Å². The number of carbonyl (C=O) groups is 1. The molecule has 214 valence electrons. The highest BCUT2D eigenvalue weighted by atomic mass is 32.2. The van der Waals surface area contributed by atoms with Crippen molar-refractivity contribution in [2.24, 2.45) is 5.92 Å². The number of β-amino-alcohol motifs (C(OH)–C–C–N with tert-alkyl or cyclic N) is 1. The molecule has 0 saturated carbocycles. The van der Waals surface area contributed by atoms with E-state index in [0.29, 0.717) is 40.9 Å². The van der Waals surface area contributed by atoms with E-state index in [1.807, 2.05) is 13.8 Å². The molecule has 0 bridgehead atoms. The maximum atomic E-state index is 12.5. The second-order valence-corrected chi connectivity index (χ2v) is 12.6. The minimum Gasteiger partial charge on any atom is -0.479 e. The smallest absolute Gasteiger partial charge is 0.257 e. The summed E-state index contributed by atoms with van der Waals surface area (Å²) < 4.78 is 36.8. The minimum atomic E-state index is -3.73. The maximum absolute atomic E-state index is 12.5. The average molecular weight is 580 g/mol. The van der Waals surface area contributed by atoms with Crippen molar-refractivity contribution in [2.75, 3.05) is 41.5 Å². The van der Waals surface area contributed by atoms with E-state index in [2.05, 4.69) is 31.7 Å². The van der Waals surface area contributed by atoms with Crippen LogP contribution in [0.3, 0.4) is 0 Å². The van der Waals surface area contributed by atoms with Crippen molar-refractivity contribution in [3.8, 4) is 29.0 Å². The molecular weight excluding hydrogens is 550 g/mol. The number of aromatic nitrogens is 3. The molecule has 0 unspecified atom stereocenters. The van der Waals surface area contributed by atoms with Crippen molar-refractivity contribution in [3.05, 3.63) is 36.5 Å². The lowest BCUT2D eigenvalue weighted by Gasteiger charge is -2.31. The van der Waals surface area contributed by atoms with Crippen molar-refractivity contribution in [3.63, 3.8) is 0 Å². The fourth-order valence-electron chi connectivity index (χ4n) is 4.53. The van der Waals surface area contributed by atoms with Crippen LogP contribution in [0, 0.1) is 17.2 Å². The first-order chi connectivity index (χ1) is 19.3. The Morgan fingerprint density at radius 1 is 1.20 bits per heavy atom. The predicted molar refractivity (Wildman–Crippen MR) is 150 cm³/mol. The highest BCUT2D eigenvalue weighted by molar-refractivity contribution is 7.90. The fraction of sp³-hybridized carbons (Fsp3) is 0.370. The lowest BCUT2D eigenvalue weighted by molar-refractivity contribution is -0.114. The molecule has 0 aliphatic carbocycles. The number of sulfone groups is 1. The van der Waals surface area contributed by atoms with E-state index in [1.165, 1.54) is 19.2 Å². The summed E-state index contributed by atoms with van der Waals surface area (Å²) in [5.41, 5.74) is 1.39. The number of aliphatic hydroxyl groups excluding tert-OH is 1. The van der Waals surface area contributed by atoms with E-state index < -0.39 is 27.5 Å². The summed E-state index contributed by atoms with van der Waals surface area (Å²) in [4.78, 5) is 26.7. The van der Waals surface area contributed by atoms with Crippen LogP contribution in [0.25, 0.3) is 11.3 Å². The number of ether oxygens (including phenoxy) is 2. The Kier molecular flexibility index (Phi) is 7.18. The summed E-state index contributed by atoms with van der Waals surface area (Å²) in [6.45, 7) is 5.88. The Hall–Kier alpha value is -4.48. The Labute approximate surface area is 237 Å². The third-order valence-electron chi connectivity index (χ3n) is 6.50. The van der Waals surface area contributed by atoms with Crippen LogP contribution in [0.5, 0.6) is 11.6 Å². The summed E-state index contributed by atoms with van der Waals surface area (Å²) in [6.07, 6.45) is 1.70. The van der Waals surface area contributed by atoms with Crippen molar-refractivity contribution in [2.45, 2.75) is 37.5 Å². The second kappa shape index (κ2) is 10.5. The van der Waals surface area contributed by atoms with Gasteiger partial charge in [-0.1, -0.05) is 0 Å². The lowest BCUT2D eigenvalue weighted by Crippen LogP contribution is -2.39. The molecule has 3 N–H and O–H groups in total. The summed E-state index contributed by atoms with van der Waals surface area (Å²) >= 11 is 0. The van der Waals surface area contributed by atoms with Gasteiger partial charge in [-0.05, 0) is 32.0 Å². The van der Waals surface area contributed by atoms with E-state index in [-0.39, 0.29) is 35.7 Å². The van der Waals surface area contributed by atoms with Gasteiger partial charge in [0.25, 0.3) is 5.88 Å². The topological polar surface area (TPSA) is 180 Å². The Balaban J connectivity index is 1.57. The monoisotopic (exact) mass is 579 g/mol. The van der Waals surface area contributed by atoms with Crippen molar-refractivity contribution < 1.29 is 27.8 Å².